The molecule has 0 radical (unpaired) electrons. The van der Waals surface area contributed by atoms with Crippen LogP contribution < -0.4 is 5.73 Å². The van der Waals surface area contributed by atoms with Crippen molar-refractivity contribution in [2.75, 3.05) is 52.4 Å². The zero-order chi connectivity index (χ0) is 17.6. The zero-order valence-corrected chi connectivity index (χ0v) is 14.8. The van der Waals surface area contributed by atoms with Crippen LogP contribution in [0, 0.1) is 5.92 Å². The van der Waals surface area contributed by atoms with E-state index in [-0.39, 0.29) is 24.3 Å². The minimum atomic E-state index is -0.315. The second-order valence-electron chi connectivity index (χ2n) is 7.13. The van der Waals surface area contributed by atoms with Crippen LogP contribution in [0.4, 0.5) is 0 Å². The Kier molecular flexibility index (Phi) is 6.09. The first-order chi connectivity index (χ1) is 12.1. The van der Waals surface area contributed by atoms with Crippen molar-refractivity contribution in [3.63, 3.8) is 0 Å². The van der Waals surface area contributed by atoms with Crippen molar-refractivity contribution >= 4 is 11.8 Å². The molecule has 1 aromatic rings. The average molecular weight is 347 g/mol. The smallest absolute Gasteiger partial charge is 0.231 e. The van der Waals surface area contributed by atoms with Gasteiger partial charge in [-0.15, -0.1) is 0 Å². The minimum Gasteiger partial charge on any atom is -0.369 e. The summed E-state index contributed by atoms with van der Waals surface area (Å²) in [5.74, 6) is -0.0526. The number of aromatic nitrogens is 1. The van der Waals surface area contributed by atoms with Crippen LogP contribution in [0.5, 0.6) is 0 Å². The number of likely N-dealkylation sites (tertiary alicyclic amines) is 1. The molecule has 2 amide bonds. The monoisotopic (exact) mass is 347 g/mol. The van der Waals surface area contributed by atoms with Gasteiger partial charge in [0.2, 0.25) is 11.8 Å². The normalized spacial score (nSPS) is 22.9. The number of carbonyl (C=O) groups excluding carboxylic acids is 2. The molecule has 1 aromatic heterocycles. The molecule has 2 saturated heterocycles. The van der Waals surface area contributed by atoms with Crippen LogP contribution in [0.2, 0.25) is 0 Å². The van der Waals surface area contributed by atoms with Gasteiger partial charge in [0.15, 0.2) is 0 Å². The Bertz CT molecular complexity index is 566. The Morgan fingerprint density at radius 3 is 2.36 bits per heavy atom. The molecular formula is C18H29N5O2. The topological polar surface area (TPSA) is 74.8 Å². The van der Waals surface area contributed by atoms with Gasteiger partial charge < -0.3 is 15.2 Å². The number of nitrogens with zero attached hydrogens (tertiary/aromatic N) is 4. The van der Waals surface area contributed by atoms with Crippen molar-refractivity contribution < 1.29 is 9.59 Å². The van der Waals surface area contributed by atoms with Gasteiger partial charge in [0.1, 0.15) is 0 Å². The first-order valence-electron chi connectivity index (χ1n) is 9.24. The molecule has 3 rings (SSSR count). The van der Waals surface area contributed by atoms with Crippen molar-refractivity contribution in [2.24, 2.45) is 11.7 Å². The quantitative estimate of drug-likeness (QED) is 0.775. The van der Waals surface area contributed by atoms with Gasteiger partial charge in [-0.2, -0.15) is 0 Å². The third kappa shape index (κ3) is 5.06. The van der Waals surface area contributed by atoms with E-state index in [4.69, 9.17) is 5.73 Å². The van der Waals surface area contributed by atoms with Gasteiger partial charge in [-0.1, -0.05) is 0 Å². The van der Waals surface area contributed by atoms with Crippen LogP contribution in [0.1, 0.15) is 12.8 Å². The molecule has 2 N–H and O–H groups in total. The van der Waals surface area contributed by atoms with Gasteiger partial charge in [-0.05, 0) is 31.5 Å². The van der Waals surface area contributed by atoms with Gasteiger partial charge in [-0.3, -0.25) is 19.4 Å². The maximum Gasteiger partial charge on any atom is 0.231 e. The fourth-order valence-corrected chi connectivity index (χ4v) is 3.85. The summed E-state index contributed by atoms with van der Waals surface area (Å²) in [6.07, 6.45) is 6.05. The maximum atomic E-state index is 12.8. The highest BCUT2D eigenvalue weighted by Gasteiger charge is 2.31. The summed E-state index contributed by atoms with van der Waals surface area (Å²) < 4.78 is 2.19. The molecule has 138 valence electrons. The molecule has 1 atom stereocenters. The molecule has 25 heavy (non-hydrogen) atoms. The molecule has 0 aliphatic carbocycles. The molecule has 0 aromatic carbocycles. The second-order valence-corrected chi connectivity index (χ2v) is 7.13. The van der Waals surface area contributed by atoms with Gasteiger partial charge >= 0.3 is 0 Å². The average Bonchev–Trinajstić information content (AvgIpc) is 3.13. The van der Waals surface area contributed by atoms with E-state index in [1.165, 1.54) is 0 Å². The standard InChI is InChI=1S/C18H29N5O2/c19-17(24)15-22-7-3-4-16(14-22)18(25)23-12-10-21(11-13-23)9-8-20-5-1-2-6-20/h1-2,5-6,16H,3-4,7-15H2,(H2,19,24). The number of rotatable bonds is 6. The van der Waals surface area contributed by atoms with Crippen LogP contribution in [-0.4, -0.2) is 83.4 Å². The van der Waals surface area contributed by atoms with Crippen LogP contribution in [0.3, 0.4) is 0 Å². The van der Waals surface area contributed by atoms with E-state index in [0.29, 0.717) is 6.54 Å². The van der Waals surface area contributed by atoms with Gasteiger partial charge in [0.25, 0.3) is 0 Å². The van der Waals surface area contributed by atoms with Crippen LogP contribution >= 0.6 is 0 Å². The lowest BCUT2D eigenvalue weighted by molar-refractivity contribution is -0.139. The molecule has 7 heteroatoms. The molecule has 0 bridgehead atoms. The number of amides is 2. The van der Waals surface area contributed by atoms with E-state index in [0.717, 1.165) is 58.7 Å². The largest absolute Gasteiger partial charge is 0.369 e. The van der Waals surface area contributed by atoms with Gasteiger partial charge in [0.05, 0.1) is 12.5 Å². The number of hydrogen-bond donors (Lipinski definition) is 1. The molecular weight excluding hydrogens is 318 g/mol. The zero-order valence-electron chi connectivity index (χ0n) is 14.8. The number of nitrogens with two attached hydrogens (primary N) is 1. The summed E-state index contributed by atoms with van der Waals surface area (Å²) in [7, 11) is 0. The van der Waals surface area contributed by atoms with Crippen molar-refractivity contribution in [2.45, 2.75) is 19.4 Å². The molecule has 2 fully saturated rings. The Morgan fingerprint density at radius 1 is 0.960 bits per heavy atom. The fraction of sp³-hybridized carbons (Fsp3) is 0.667. The van der Waals surface area contributed by atoms with Crippen molar-refractivity contribution in [3.05, 3.63) is 24.5 Å². The summed E-state index contributed by atoms with van der Waals surface area (Å²) in [6, 6.07) is 4.09. The lowest BCUT2D eigenvalue weighted by Crippen LogP contribution is -2.53. The second kappa shape index (κ2) is 8.49. The lowest BCUT2D eigenvalue weighted by Gasteiger charge is -2.38. The Labute approximate surface area is 149 Å². The highest BCUT2D eigenvalue weighted by atomic mass is 16.2. The van der Waals surface area contributed by atoms with E-state index < -0.39 is 0 Å². The Morgan fingerprint density at radius 2 is 1.68 bits per heavy atom. The summed E-state index contributed by atoms with van der Waals surface area (Å²) in [6.45, 7) is 7.27. The summed E-state index contributed by atoms with van der Waals surface area (Å²) in [4.78, 5) is 30.3. The molecule has 2 aliphatic heterocycles. The molecule has 3 heterocycles. The van der Waals surface area contributed by atoms with E-state index >= 15 is 0 Å². The third-order valence-corrected chi connectivity index (χ3v) is 5.26. The highest BCUT2D eigenvalue weighted by molar-refractivity contribution is 5.80. The first-order valence-corrected chi connectivity index (χ1v) is 9.24. The molecule has 1 unspecified atom stereocenters. The van der Waals surface area contributed by atoms with Gasteiger partial charge in [-0.25, -0.2) is 0 Å². The minimum absolute atomic E-state index is 0.0134. The Hall–Kier alpha value is -1.86. The van der Waals surface area contributed by atoms with Crippen molar-refractivity contribution in [1.29, 1.82) is 0 Å². The van der Waals surface area contributed by atoms with Crippen molar-refractivity contribution in [3.8, 4) is 0 Å². The predicted molar refractivity (Wildman–Crippen MR) is 95.8 cm³/mol. The Balaban J connectivity index is 1.42. The van der Waals surface area contributed by atoms with Crippen molar-refractivity contribution in [1.82, 2.24) is 19.3 Å². The lowest BCUT2D eigenvalue weighted by atomic mass is 9.96. The van der Waals surface area contributed by atoms with Crippen LogP contribution in [-0.2, 0) is 16.1 Å². The van der Waals surface area contributed by atoms with Gasteiger partial charge in [0, 0.05) is 58.2 Å². The summed E-state index contributed by atoms with van der Waals surface area (Å²) >= 11 is 0. The van der Waals surface area contributed by atoms with Crippen LogP contribution in [0.15, 0.2) is 24.5 Å². The molecule has 2 aliphatic rings. The molecule has 0 saturated carbocycles. The number of primary amides is 1. The third-order valence-electron chi connectivity index (χ3n) is 5.26. The first kappa shape index (κ1) is 17.9. The summed E-state index contributed by atoms with van der Waals surface area (Å²) in [5.41, 5.74) is 5.28. The number of piperazine rings is 1. The molecule has 0 spiro atoms. The van der Waals surface area contributed by atoms with E-state index in [9.17, 15) is 9.59 Å². The number of piperidine rings is 1. The maximum absolute atomic E-state index is 12.8. The fourth-order valence-electron chi connectivity index (χ4n) is 3.85. The number of carbonyl (C=O) groups is 2. The predicted octanol–water partition coefficient (Wildman–Crippen LogP) is -0.170. The van der Waals surface area contributed by atoms with E-state index in [1.807, 2.05) is 21.9 Å². The SMILES string of the molecule is NC(=O)CN1CCCC(C(=O)N2CCN(CCn3cccc3)CC2)C1. The highest BCUT2D eigenvalue weighted by Crippen LogP contribution is 2.19. The number of hydrogen-bond acceptors (Lipinski definition) is 4. The van der Waals surface area contributed by atoms with E-state index in [2.05, 4.69) is 21.9 Å². The van der Waals surface area contributed by atoms with Crippen LogP contribution in [0.25, 0.3) is 0 Å². The van der Waals surface area contributed by atoms with E-state index in [1.54, 1.807) is 0 Å². The summed E-state index contributed by atoms with van der Waals surface area (Å²) in [5, 5.41) is 0. The molecule has 7 nitrogen and oxygen atoms in total.